The molecule has 0 aromatic heterocycles. The van der Waals surface area contributed by atoms with E-state index >= 15 is 0 Å². The number of nitrogens with one attached hydrogen (secondary N) is 1. The topological polar surface area (TPSA) is 21.3 Å². The van der Waals surface area contributed by atoms with E-state index in [0.29, 0.717) is 5.41 Å². The van der Waals surface area contributed by atoms with Gasteiger partial charge >= 0.3 is 0 Å². The summed E-state index contributed by atoms with van der Waals surface area (Å²) in [6.07, 6.45) is 6.85. The lowest BCUT2D eigenvalue weighted by molar-refractivity contribution is -0.00140. The molecule has 3 rings (SSSR count). The van der Waals surface area contributed by atoms with Crippen LogP contribution in [0.15, 0.2) is 24.3 Å². The van der Waals surface area contributed by atoms with Gasteiger partial charge in [-0.1, -0.05) is 43.0 Å². The van der Waals surface area contributed by atoms with Crippen LogP contribution in [0.25, 0.3) is 0 Å². The molecule has 1 saturated carbocycles. The van der Waals surface area contributed by atoms with Crippen LogP contribution in [0.5, 0.6) is 0 Å². The van der Waals surface area contributed by atoms with Gasteiger partial charge in [0.2, 0.25) is 0 Å². The number of benzene rings is 1. The first-order valence-electron chi connectivity index (χ1n) is 7.35. The standard InChI is InChI=1S/C16H22ClNO/c17-14-6-4-5-13(9-14)15-10-18-11-16(12-19-15)7-2-1-3-8-16/h4-6,9,15,18H,1-3,7-8,10-12H2. The maximum atomic E-state index is 6.22. The summed E-state index contributed by atoms with van der Waals surface area (Å²) < 4.78 is 6.22. The second-order valence-electron chi connectivity index (χ2n) is 6.05. The molecule has 104 valence electrons. The van der Waals surface area contributed by atoms with Crippen LogP contribution in [-0.2, 0) is 4.74 Å². The van der Waals surface area contributed by atoms with Crippen LogP contribution in [0.4, 0.5) is 0 Å². The Bertz CT molecular complexity index is 429. The van der Waals surface area contributed by atoms with Gasteiger partial charge in [0.1, 0.15) is 0 Å². The van der Waals surface area contributed by atoms with Crippen molar-refractivity contribution in [2.75, 3.05) is 19.7 Å². The Morgan fingerprint density at radius 2 is 2.05 bits per heavy atom. The zero-order chi connectivity index (χ0) is 13.1. The van der Waals surface area contributed by atoms with Crippen molar-refractivity contribution in [2.45, 2.75) is 38.2 Å². The third-order valence-electron chi connectivity index (χ3n) is 4.56. The van der Waals surface area contributed by atoms with E-state index in [1.165, 1.54) is 37.7 Å². The van der Waals surface area contributed by atoms with Gasteiger partial charge in [-0.25, -0.2) is 0 Å². The molecule has 1 aliphatic carbocycles. The molecular formula is C16H22ClNO. The maximum absolute atomic E-state index is 6.22. The normalized spacial score (nSPS) is 27.1. The average Bonchev–Trinajstić information content (AvgIpc) is 2.63. The fourth-order valence-electron chi connectivity index (χ4n) is 3.40. The van der Waals surface area contributed by atoms with Crippen LogP contribution in [0, 0.1) is 5.41 Å². The first kappa shape index (κ1) is 13.4. The Morgan fingerprint density at radius 3 is 2.84 bits per heavy atom. The minimum Gasteiger partial charge on any atom is -0.372 e. The lowest BCUT2D eigenvalue weighted by Gasteiger charge is -2.35. The molecule has 1 aliphatic heterocycles. The van der Waals surface area contributed by atoms with Crippen LogP contribution in [0.1, 0.15) is 43.8 Å². The average molecular weight is 280 g/mol. The number of ether oxygens (including phenoxy) is 1. The van der Waals surface area contributed by atoms with E-state index in [2.05, 4.69) is 11.4 Å². The van der Waals surface area contributed by atoms with E-state index < -0.39 is 0 Å². The molecule has 1 aromatic carbocycles. The molecule has 0 bridgehead atoms. The first-order valence-corrected chi connectivity index (χ1v) is 7.73. The molecule has 1 saturated heterocycles. The van der Waals surface area contributed by atoms with Gasteiger partial charge in [0, 0.05) is 23.5 Å². The minimum absolute atomic E-state index is 0.139. The van der Waals surface area contributed by atoms with Crippen LogP contribution in [-0.4, -0.2) is 19.7 Å². The molecule has 1 atom stereocenters. The Morgan fingerprint density at radius 1 is 1.21 bits per heavy atom. The van der Waals surface area contributed by atoms with Gasteiger partial charge in [0.25, 0.3) is 0 Å². The molecule has 1 spiro atoms. The number of rotatable bonds is 1. The zero-order valence-electron chi connectivity index (χ0n) is 11.3. The molecule has 1 heterocycles. The van der Waals surface area contributed by atoms with E-state index in [-0.39, 0.29) is 6.10 Å². The minimum atomic E-state index is 0.139. The molecule has 0 radical (unpaired) electrons. The summed E-state index contributed by atoms with van der Waals surface area (Å²) in [5.74, 6) is 0. The second kappa shape index (κ2) is 5.82. The van der Waals surface area contributed by atoms with E-state index in [1.54, 1.807) is 0 Å². The van der Waals surface area contributed by atoms with Gasteiger partial charge in [0.05, 0.1) is 12.7 Å². The molecule has 1 N–H and O–H groups in total. The molecule has 1 unspecified atom stereocenters. The third kappa shape index (κ3) is 3.13. The smallest absolute Gasteiger partial charge is 0.0950 e. The lowest BCUT2D eigenvalue weighted by atomic mass is 9.74. The summed E-state index contributed by atoms with van der Waals surface area (Å²) in [4.78, 5) is 0. The summed E-state index contributed by atoms with van der Waals surface area (Å²) in [6, 6.07) is 8.05. The van der Waals surface area contributed by atoms with E-state index in [4.69, 9.17) is 16.3 Å². The highest BCUT2D eigenvalue weighted by Gasteiger charge is 2.35. The number of hydrogen-bond donors (Lipinski definition) is 1. The van der Waals surface area contributed by atoms with E-state index in [9.17, 15) is 0 Å². The van der Waals surface area contributed by atoms with Gasteiger partial charge < -0.3 is 10.1 Å². The Kier molecular flexibility index (Phi) is 4.11. The Hall–Kier alpha value is -0.570. The van der Waals surface area contributed by atoms with Gasteiger partial charge in [-0.3, -0.25) is 0 Å². The second-order valence-corrected chi connectivity index (χ2v) is 6.48. The van der Waals surface area contributed by atoms with Crippen molar-refractivity contribution in [3.63, 3.8) is 0 Å². The fourth-order valence-corrected chi connectivity index (χ4v) is 3.60. The fraction of sp³-hybridized carbons (Fsp3) is 0.625. The molecule has 2 aliphatic rings. The highest BCUT2D eigenvalue weighted by molar-refractivity contribution is 6.30. The van der Waals surface area contributed by atoms with Crippen molar-refractivity contribution in [2.24, 2.45) is 5.41 Å². The highest BCUT2D eigenvalue weighted by atomic mass is 35.5. The van der Waals surface area contributed by atoms with Gasteiger partial charge in [0.15, 0.2) is 0 Å². The van der Waals surface area contributed by atoms with E-state index in [0.717, 1.165) is 24.7 Å². The monoisotopic (exact) mass is 279 g/mol. The molecular weight excluding hydrogens is 258 g/mol. The molecule has 0 amide bonds. The van der Waals surface area contributed by atoms with E-state index in [1.807, 2.05) is 18.2 Å². The summed E-state index contributed by atoms with van der Waals surface area (Å²) in [6.45, 7) is 2.88. The Balaban J connectivity index is 1.70. The SMILES string of the molecule is Clc1cccc(C2CNCC3(CCCCC3)CO2)c1. The predicted molar refractivity (Wildman–Crippen MR) is 78.5 cm³/mol. The summed E-state index contributed by atoms with van der Waals surface area (Å²) in [5, 5.41) is 4.40. The van der Waals surface area contributed by atoms with Crippen molar-refractivity contribution in [1.82, 2.24) is 5.32 Å². The third-order valence-corrected chi connectivity index (χ3v) is 4.79. The molecule has 2 nitrogen and oxygen atoms in total. The maximum Gasteiger partial charge on any atom is 0.0950 e. The van der Waals surface area contributed by atoms with Crippen LogP contribution < -0.4 is 5.32 Å². The molecule has 2 fully saturated rings. The van der Waals surface area contributed by atoms with Crippen molar-refractivity contribution in [3.8, 4) is 0 Å². The first-order chi connectivity index (χ1) is 9.27. The summed E-state index contributed by atoms with van der Waals surface area (Å²) in [5.41, 5.74) is 1.57. The van der Waals surface area contributed by atoms with Crippen LogP contribution in [0.2, 0.25) is 5.02 Å². The number of halogens is 1. The quantitative estimate of drug-likeness (QED) is 0.840. The largest absolute Gasteiger partial charge is 0.372 e. The van der Waals surface area contributed by atoms with Gasteiger partial charge in [-0.05, 0) is 30.5 Å². The summed E-state index contributed by atoms with van der Waals surface area (Å²) in [7, 11) is 0. The molecule has 1 aromatic rings. The lowest BCUT2D eigenvalue weighted by Crippen LogP contribution is -2.37. The van der Waals surface area contributed by atoms with Crippen LogP contribution >= 0.6 is 11.6 Å². The van der Waals surface area contributed by atoms with Crippen LogP contribution in [0.3, 0.4) is 0 Å². The van der Waals surface area contributed by atoms with Crippen molar-refractivity contribution >= 4 is 11.6 Å². The van der Waals surface area contributed by atoms with Crippen molar-refractivity contribution < 1.29 is 4.74 Å². The van der Waals surface area contributed by atoms with Crippen molar-refractivity contribution in [3.05, 3.63) is 34.9 Å². The summed E-state index contributed by atoms with van der Waals surface area (Å²) >= 11 is 6.07. The molecule has 19 heavy (non-hydrogen) atoms. The van der Waals surface area contributed by atoms with Gasteiger partial charge in [-0.15, -0.1) is 0 Å². The van der Waals surface area contributed by atoms with Crippen molar-refractivity contribution in [1.29, 1.82) is 0 Å². The Labute approximate surface area is 120 Å². The zero-order valence-corrected chi connectivity index (χ0v) is 12.1. The van der Waals surface area contributed by atoms with Gasteiger partial charge in [-0.2, -0.15) is 0 Å². The molecule has 3 heteroatoms. The number of hydrogen-bond acceptors (Lipinski definition) is 2. The predicted octanol–water partition coefficient (Wildman–Crippen LogP) is 3.95. The highest BCUT2D eigenvalue weighted by Crippen LogP contribution is 2.38.